The Morgan fingerprint density at radius 3 is 2.39 bits per heavy atom. The van der Waals surface area contributed by atoms with Crippen LogP contribution in [0, 0.1) is 6.92 Å². The molecule has 0 unspecified atom stereocenters. The smallest absolute Gasteiger partial charge is 0.262 e. The van der Waals surface area contributed by atoms with Crippen molar-refractivity contribution in [2.24, 2.45) is 0 Å². The molecule has 0 fully saturated rings. The van der Waals surface area contributed by atoms with Gasteiger partial charge in [-0.05, 0) is 55.2 Å². The molecule has 0 aliphatic heterocycles. The average molecular weight is 375 g/mol. The predicted octanol–water partition coefficient (Wildman–Crippen LogP) is 5.02. The van der Waals surface area contributed by atoms with Crippen molar-refractivity contribution in [1.82, 2.24) is 0 Å². The van der Waals surface area contributed by atoms with Crippen molar-refractivity contribution in [2.75, 3.05) is 18.5 Å². The van der Waals surface area contributed by atoms with Crippen molar-refractivity contribution in [3.8, 4) is 11.5 Å². The fourth-order valence-corrected chi connectivity index (χ4v) is 2.83. The second-order valence-corrected chi connectivity index (χ2v) is 6.62. The quantitative estimate of drug-likeness (QED) is 0.534. The average Bonchev–Trinajstić information content (AvgIpc) is 2.71. The van der Waals surface area contributed by atoms with Crippen LogP contribution in [-0.2, 0) is 11.2 Å². The van der Waals surface area contributed by atoms with E-state index in [0.717, 1.165) is 24.2 Å². The Bertz CT molecular complexity index is 893. The first-order valence-electron chi connectivity index (χ1n) is 9.45. The third-order valence-corrected chi connectivity index (χ3v) is 4.20. The maximum absolute atomic E-state index is 12.1. The number of ether oxygens (including phenoxy) is 2. The number of aryl methyl sites for hydroxylation is 2. The standard InChI is InChI=1S/C24H25NO3/c1-19-8-5-13-22(16-19)28-18-24(26)25-21-12-6-14-23(17-21)27-15-7-11-20-9-3-2-4-10-20/h2-6,8-10,12-14,16-17H,7,11,15,18H2,1H3,(H,25,26). The molecule has 0 aromatic heterocycles. The van der Waals surface area contributed by atoms with Gasteiger partial charge in [-0.3, -0.25) is 4.79 Å². The monoisotopic (exact) mass is 375 g/mol. The third-order valence-electron chi connectivity index (χ3n) is 4.20. The summed E-state index contributed by atoms with van der Waals surface area (Å²) in [7, 11) is 0. The van der Waals surface area contributed by atoms with Crippen molar-refractivity contribution >= 4 is 11.6 Å². The van der Waals surface area contributed by atoms with Crippen LogP contribution in [0.4, 0.5) is 5.69 Å². The molecule has 3 aromatic rings. The summed E-state index contributed by atoms with van der Waals surface area (Å²) >= 11 is 0. The van der Waals surface area contributed by atoms with E-state index >= 15 is 0 Å². The molecule has 3 aromatic carbocycles. The van der Waals surface area contributed by atoms with E-state index in [4.69, 9.17) is 9.47 Å². The summed E-state index contributed by atoms with van der Waals surface area (Å²) in [6, 6.07) is 25.4. The number of hydrogen-bond donors (Lipinski definition) is 1. The topological polar surface area (TPSA) is 47.6 Å². The predicted molar refractivity (Wildman–Crippen MR) is 112 cm³/mol. The second-order valence-electron chi connectivity index (χ2n) is 6.62. The number of anilines is 1. The Morgan fingerprint density at radius 2 is 1.61 bits per heavy atom. The number of amides is 1. The summed E-state index contributed by atoms with van der Waals surface area (Å²) in [5, 5.41) is 2.84. The van der Waals surface area contributed by atoms with E-state index in [1.807, 2.05) is 73.7 Å². The Morgan fingerprint density at radius 1 is 0.857 bits per heavy atom. The summed E-state index contributed by atoms with van der Waals surface area (Å²) < 4.78 is 11.3. The molecule has 28 heavy (non-hydrogen) atoms. The van der Waals surface area contributed by atoms with Crippen LogP contribution in [0.15, 0.2) is 78.9 Å². The van der Waals surface area contributed by atoms with Crippen LogP contribution in [0.1, 0.15) is 17.5 Å². The van der Waals surface area contributed by atoms with Gasteiger partial charge in [0.05, 0.1) is 6.61 Å². The molecule has 0 atom stereocenters. The van der Waals surface area contributed by atoms with E-state index in [0.29, 0.717) is 18.0 Å². The van der Waals surface area contributed by atoms with E-state index in [9.17, 15) is 4.79 Å². The van der Waals surface area contributed by atoms with Gasteiger partial charge in [0, 0.05) is 11.8 Å². The van der Waals surface area contributed by atoms with E-state index < -0.39 is 0 Å². The minimum Gasteiger partial charge on any atom is -0.494 e. The van der Waals surface area contributed by atoms with Crippen molar-refractivity contribution in [3.05, 3.63) is 90.0 Å². The number of carbonyl (C=O) groups is 1. The molecule has 4 heteroatoms. The van der Waals surface area contributed by atoms with Gasteiger partial charge in [0.25, 0.3) is 5.91 Å². The summed E-state index contributed by atoms with van der Waals surface area (Å²) in [5.74, 6) is 1.22. The van der Waals surface area contributed by atoms with Crippen molar-refractivity contribution in [1.29, 1.82) is 0 Å². The zero-order valence-corrected chi connectivity index (χ0v) is 16.1. The molecule has 0 bridgehead atoms. The largest absolute Gasteiger partial charge is 0.494 e. The molecule has 0 aliphatic rings. The van der Waals surface area contributed by atoms with Crippen LogP contribution in [0.5, 0.6) is 11.5 Å². The highest BCUT2D eigenvalue weighted by atomic mass is 16.5. The summed E-state index contributed by atoms with van der Waals surface area (Å²) in [5.41, 5.74) is 3.09. The molecule has 0 saturated heterocycles. The lowest BCUT2D eigenvalue weighted by Crippen LogP contribution is -2.20. The minimum atomic E-state index is -0.206. The summed E-state index contributed by atoms with van der Waals surface area (Å²) in [4.78, 5) is 12.1. The lowest BCUT2D eigenvalue weighted by atomic mass is 10.1. The molecular formula is C24H25NO3. The van der Waals surface area contributed by atoms with Crippen molar-refractivity contribution in [3.63, 3.8) is 0 Å². The molecule has 1 N–H and O–H groups in total. The Hall–Kier alpha value is -3.27. The number of hydrogen-bond acceptors (Lipinski definition) is 3. The van der Waals surface area contributed by atoms with E-state index in [2.05, 4.69) is 17.4 Å². The zero-order chi connectivity index (χ0) is 19.6. The van der Waals surface area contributed by atoms with Crippen LogP contribution in [0.2, 0.25) is 0 Å². The van der Waals surface area contributed by atoms with Crippen LogP contribution in [0.25, 0.3) is 0 Å². The van der Waals surface area contributed by atoms with Crippen LogP contribution >= 0.6 is 0 Å². The second kappa shape index (κ2) is 10.2. The fourth-order valence-electron chi connectivity index (χ4n) is 2.83. The number of nitrogens with one attached hydrogen (secondary N) is 1. The molecule has 4 nitrogen and oxygen atoms in total. The first-order valence-corrected chi connectivity index (χ1v) is 9.45. The van der Waals surface area contributed by atoms with Gasteiger partial charge in [-0.25, -0.2) is 0 Å². The lowest BCUT2D eigenvalue weighted by Gasteiger charge is -2.10. The first-order chi connectivity index (χ1) is 13.7. The van der Waals surface area contributed by atoms with Gasteiger partial charge >= 0.3 is 0 Å². The number of carbonyl (C=O) groups excluding carboxylic acids is 1. The number of rotatable bonds is 9. The summed E-state index contributed by atoms with van der Waals surface area (Å²) in [6.07, 6.45) is 1.92. The normalized spacial score (nSPS) is 10.3. The van der Waals surface area contributed by atoms with Crippen molar-refractivity contribution < 1.29 is 14.3 Å². The van der Waals surface area contributed by atoms with Gasteiger partial charge < -0.3 is 14.8 Å². The lowest BCUT2D eigenvalue weighted by molar-refractivity contribution is -0.118. The maximum atomic E-state index is 12.1. The molecule has 144 valence electrons. The highest BCUT2D eigenvalue weighted by Gasteiger charge is 2.05. The molecule has 0 saturated carbocycles. The van der Waals surface area contributed by atoms with E-state index in [-0.39, 0.29) is 12.5 Å². The minimum absolute atomic E-state index is 0.0361. The SMILES string of the molecule is Cc1cccc(OCC(=O)Nc2cccc(OCCCc3ccccc3)c2)c1. The van der Waals surface area contributed by atoms with E-state index in [1.54, 1.807) is 0 Å². The Balaban J connectivity index is 1.42. The van der Waals surface area contributed by atoms with Crippen molar-refractivity contribution in [2.45, 2.75) is 19.8 Å². The molecule has 0 heterocycles. The molecule has 1 amide bonds. The van der Waals surface area contributed by atoms with Crippen LogP contribution in [0.3, 0.4) is 0 Å². The highest BCUT2D eigenvalue weighted by molar-refractivity contribution is 5.92. The van der Waals surface area contributed by atoms with Gasteiger partial charge in [-0.15, -0.1) is 0 Å². The first kappa shape index (κ1) is 19.5. The Kier molecular flexibility index (Phi) is 7.08. The van der Waals surface area contributed by atoms with Crippen LogP contribution in [-0.4, -0.2) is 19.1 Å². The van der Waals surface area contributed by atoms with Crippen LogP contribution < -0.4 is 14.8 Å². The van der Waals surface area contributed by atoms with Gasteiger partial charge in [0.2, 0.25) is 0 Å². The molecular weight excluding hydrogens is 350 g/mol. The van der Waals surface area contributed by atoms with Gasteiger partial charge in [0.15, 0.2) is 6.61 Å². The zero-order valence-electron chi connectivity index (χ0n) is 16.1. The molecule has 3 rings (SSSR count). The highest BCUT2D eigenvalue weighted by Crippen LogP contribution is 2.18. The van der Waals surface area contributed by atoms with Gasteiger partial charge in [0.1, 0.15) is 11.5 Å². The molecule has 0 radical (unpaired) electrons. The molecule has 0 aliphatic carbocycles. The molecule has 0 spiro atoms. The summed E-state index contributed by atoms with van der Waals surface area (Å²) in [6.45, 7) is 2.58. The van der Waals surface area contributed by atoms with Gasteiger partial charge in [-0.2, -0.15) is 0 Å². The van der Waals surface area contributed by atoms with Gasteiger partial charge in [-0.1, -0.05) is 48.5 Å². The Labute approximate surface area is 166 Å². The number of benzene rings is 3. The maximum Gasteiger partial charge on any atom is 0.262 e. The fraction of sp³-hybridized carbons (Fsp3) is 0.208. The third kappa shape index (κ3) is 6.47. The van der Waals surface area contributed by atoms with E-state index in [1.165, 1.54) is 5.56 Å².